The lowest BCUT2D eigenvalue weighted by atomic mass is 9.94. The van der Waals surface area contributed by atoms with E-state index in [-0.39, 0.29) is 28.9 Å². The van der Waals surface area contributed by atoms with Crippen LogP contribution in [0, 0.1) is 5.41 Å². The number of ether oxygens (including phenoxy) is 1. The summed E-state index contributed by atoms with van der Waals surface area (Å²) in [6, 6.07) is 14.6. The lowest BCUT2D eigenvalue weighted by molar-refractivity contribution is -0.139. The van der Waals surface area contributed by atoms with Gasteiger partial charge >= 0.3 is 0 Å². The van der Waals surface area contributed by atoms with Gasteiger partial charge in [0.15, 0.2) is 11.7 Å². The van der Waals surface area contributed by atoms with E-state index in [2.05, 4.69) is 15.5 Å². The fourth-order valence-electron chi connectivity index (χ4n) is 3.46. The van der Waals surface area contributed by atoms with E-state index < -0.39 is 0 Å². The summed E-state index contributed by atoms with van der Waals surface area (Å²) < 4.78 is 5.41. The van der Waals surface area contributed by atoms with Crippen LogP contribution < -0.4 is 20.3 Å². The number of anilines is 2. The molecule has 2 aromatic carbocycles. The van der Waals surface area contributed by atoms with Gasteiger partial charge in [0, 0.05) is 37.3 Å². The third kappa shape index (κ3) is 7.07. The Morgan fingerprint density at radius 1 is 1.06 bits per heavy atom. The van der Waals surface area contributed by atoms with Crippen molar-refractivity contribution in [3.63, 3.8) is 0 Å². The molecule has 0 radical (unpaired) electrons. The molecule has 9 heteroatoms. The number of benzene rings is 2. The minimum absolute atomic E-state index is 0.144. The van der Waals surface area contributed by atoms with Gasteiger partial charge in [-0.1, -0.05) is 50.6 Å². The van der Waals surface area contributed by atoms with Gasteiger partial charge in [0.1, 0.15) is 5.75 Å². The summed E-state index contributed by atoms with van der Waals surface area (Å²) in [5, 5.41) is 6.29. The van der Waals surface area contributed by atoms with Gasteiger partial charge in [0.2, 0.25) is 5.91 Å². The van der Waals surface area contributed by atoms with Crippen LogP contribution in [-0.4, -0.2) is 54.6 Å². The number of carbonyl (C=O) groups excluding carboxylic acids is 2. The van der Waals surface area contributed by atoms with Gasteiger partial charge in [0.25, 0.3) is 5.91 Å². The van der Waals surface area contributed by atoms with Gasteiger partial charge in [-0.25, -0.2) is 0 Å². The second kappa shape index (κ2) is 10.9. The van der Waals surface area contributed by atoms with Crippen LogP contribution >= 0.6 is 23.8 Å². The van der Waals surface area contributed by atoms with Crippen molar-refractivity contribution in [1.29, 1.82) is 0 Å². The van der Waals surface area contributed by atoms with Crippen molar-refractivity contribution in [2.75, 3.05) is 43.0 Å². The molecule has 0 aliphatic carbocycles. The van der Waals surface area contributed by atoms with Crippen molar-refractivity contribution >= 4 is 52.1 Å². The van der Waals surface area contributed by atoms with Crippen molar-refractivity contribution < 1.29 is 14.3 Å². The molecule has 1 saturated heterocycles. The lowest BCUT2D eigenvalue weighted by Gasteiger charge is -2.39. The molecule has 2 aromatic rings. The quantitative estimate of drug-likeness (QED) is 0.621. The molecule has 0 aromatic heterocycles. The van der Waals surface area contributed by atoms with Crippen molar-refractivity contribution in [1.82, 2.24) is 10.2 Å². The summed E-state index contributed by atoms with van der Waals surface area (Å²) in [6.45, 7) is 8.42. The molecule has 1 fully saturated rings. The van der Waals surface area contributed by atoms with Crippen LogP contribution in [0.4, 0.5) is 11.4 Å². The first-order valence-corrected chi connectivity index (χ1v) is 11.5. The number of rotatable bonds is 5. The number of hydrogen-bond donors (Lipinski definition) is 2. The summed E-state index contributed by atoms with van der Waals surface area (Å²) in [4.78, 5) is 28.6. The molecule has 33 heavy (non-hydrogen) atoms. The molecule has 0 atom stereocenters. The van der Waals surface area contributed by atoms with Crippen molar-refractivity contribution in [2.45, 2.75) is 20.8 Å². The van der Waals surface area contributed by atoms with E-state index in [0.29, 0.717) is 42.6 Å². The molecule has 176 valence electrons. The molecule has 2 N–H and O–H groups in total. The molecule has 1 heterocycles. The highest BCUT2D eigenvalue weighted by Gasteiger charge is 2.30. The number of halogens is 1. The van der Waals surface area contributed by atoms with E-state index in [4.69, 9.17) is 28.6 Å². The highest BCUT2D eigenvalue weighted by atomic mass is 35.5. The van der Waals surface area contributed by atoms with Crippen LogP contribution in [-0.2, 0) is 9.59 Å². The van der Waals surface area contributed by atoms with Gasteiger partial charge in [-0.15, -0.1) is 0 Å². The number of amides is 2. The predicted octanol–water partition coefficient (Wildman–Crippen LogP) is 3.93. The Balaban J connectivity index is 1.49. The first-order chi connectivity index (χ1) is 15.6. The maximum absolute atomic E-state index is 12.5. The molecule has 1 aliphatic heterocycles. The zero-order valence-electron chi connectivity index (χ0n) is 19.1. The average molecular weight is 489 g/mol. The van der Waals surface area contributed by atoms with E-state index in [1.807, 2.05) is 56.0 Å². The maximum atomic E-state index is 12.5. The summed E-state index contributed by atoms with van der Waals surface area (Å²) in [6.07, 6.45) is 0. The van der Waals surface area contributed by atoms with Gasteiger partial charge in [-0.05, 0) is 42.5 Å². The minimum atomic E-state index is -0.380. The molecule has 0 unspecified atom stereocenters. The Labute approximate surface area is 205 Å². The zero-order chi connectivity index (χ0) is 24.0. The fourth-order valence-corrected chi connectivity index (χ4v) is 3.99. The largest absolute Gasteiger partial charge is 0.484 e. The Bertz CT molecular complexity index is 1000. The van der Waals surface area contributed by atoms with E-state index in [1.165, 1.54) is 0 Å². The number of nitrogens with zero attached hydrogens (tertiary/aromatic N) is 2. The van der Waals surface area contributed by atoms with Crippen LogP contribution in [0.2, 0.25) is 5.02 Å². The molecular weight excluding hydrogens is 460 g/mol. The van der Waals surface area contributed by atoms with Crippen molar-refractivity contribution in [3.8, 4) is 5.75 Å². The van der Waals surface area contributed by atoms with Crippen LogP contribution in [0.3, 0.4) is 0 Å². The fraction of sp³-hybridized carbons (Fsp3) is 0.375. The Hall–Kier alpha value is -2.84. The number of para-hydroxylation sites is 1. The Kier molecular flexibility index (Phi) is 8.15. The van der Waals surface area contributed by atoms with Crippen LogP contribution in [0.1, 0.15) is 20.8 Å². The van der Waals surface area contributed by atoms with Gasteiger partial charge in [0.05, 0.1) is 10.7 Å². The molecule has 0 bridgehead atoms. The Morgan fingerprint density at radius 2 is 1.73 bits per heavy atom. The van der Waals surface area contributed by atoms with E-state index in [0.717, 1.165) is 5.69 Å². The second-order valence-corrected chi connectivity index (χ2v) is 9.61. The predicted molar refractivity (Wildman–Crippen MR) is 136 cm³/mol. The maximum Gasteiger partial charge on any atom is 0.264 e. The van der Waals surface area contributed by atoms with Gasteiger partial charge in [-0.2, -0.15) is 0 Å². The number of piperazine rings is 1. The van der Waals surface area contributed by atoms with Crippen LogP contribution in [0.25, 0.3) is 0 Å². The first kappa shape index (κ1) is 24.8. The molecule has 2 amide bonds. The SMILES string of the molecule is CC(C)(C)C(=O)N1CCN(c2ccc(NC(=S)NC(=O)COc3ccccc3)cc2Cl)CC1. The molecule has 7 nitrogen and oxygen atoms in total. The second-order valence-electron chi connectivity index (χ2n) is 8.80. The van der Waals surface area contributed by atoms with Crippen molar-refractivity contribution in [3.05, 3.63) is 53.6 Å². The summed E-state index contributed by atoms with van der Waals surface area (Å²) in [5.74, 6) is 0.414. The van der Waals surface area contributed by atoms with Gasteiger partial charge < -0.3 is 19.9 Å². The summed E-state index contributed by atoms with van der Waals surface area (Å²) in [7, 11) is 0. The first-order valence-electron chi connectivity index (χ1n) is 10.8. The smallest absolute Gasteiger partial charge is 0.264 e. The zero-order valence-corrected chi connectivity index (χ0v) is 20.6. The normalized spacial score (nSPS) is 13.9. The monoisotopic (exact) mass is 488 g/mol. The Morgan fingerprint density at radius 3 is 2.33 bits per heavy atom. The topological polar surface area (TPSA) is 73.9 Å². The number of hydrogen-bond acceptors (Lipinski definition) is 5. The highest BCUT2D eigenvalue weighted by Crippen LogP contribution is 2.30. The molecule has 0 saturated carbocycles. The molecule has 3 rings (SSSR count). The molecular formula is C24H29ClN4O3S. The molecule has 0 spiro atoms. The highest BCUT2D eigenvalue weighted by molar-refractivity contribution is 7.80. The van der Waals surface area contributed by atoms with Crippen LogP contribution in [0.5, 0.6) is 5.75 Å². The molecule has 1 aliphatic rings. The third-order valence-electron chi connectivity index (χ3n) is 5.12. The number of nitrogens with one attached hydrogen (secondary N) is 2. The number of thiocarbonyl (C=S) groups is 1. The van der Waals surface area contributed by atoms with Gasteiger partial charge in [-0.3, -0.25) is 14.9 Å². The van der Waals surface area contributed by atoms with E-state index >= 15 is 0 Å². The van der Waals surface area contributed by atoms with Crippen LogP contribution in [0.15, 0.2) is 48.5 Å². The minimum Gasteiger partial charge on any atom is -0.484 e. The van der Waals surface area contributed by atoms with E-state index in [9.17, 15) is 9.59 Å². The lowest BCUT2D eigenvalue weighted by Crippen LogP contribution is -2.51. The summed E-state index contributed by atoms with van der Waals surface area (Å²) in [5.41, 5.74) is 1.19. The third-order valence-corrected chi connectivity index (χ3v) is 5.63. The van der Waals surface area contributed by atoms with E-state index in [1.54, 1.807) is 18.2 Å². The summed E-state index contributed by atoms with van der Waals surface area (Å²) >= 11 is 11.8. The van der Waals surface area contributed by atoms with Crippen molar-refractivity contribution in [2.24, 2.45) is 5.41 Å². The standard InChI is InChI=1S/C24H29ClN4O3S/c1-24(2,3)22(31)29-13-11-28(12-14-29)20-10-9-17(15-19(20)25)26-23(33)27-21(30)16-32-18-7-5-4-6-8-18/h4-10,15H,11-14,16H2,1-3H3,(H2,26,27,30,33). The average Bonchev–Trinajstić information content (AvgIpc) is 2.77. The number of carbonyl (C=O) groups is 2.